The van der Waals surface area contributed by atoms with Gasteiger partial charge in [-0.2, -0.15) is 0 Å². The van der Waals surface area contributed by atoms with Gasteiger partial charge in [0.15, 0.2) is 0 Å². The number of carbonyl (C=O) groups excluding carboxylic acids is 3. The van der Waals surface area contributed by atoms with Gasteiger partial charge in [0, 0.05) is 58.0 Å². The fourth-order valence-corrected chi connectivity index (χ4v) is 5.89. The van der Waals surface area contributed by atoms with Gasteiger partial charge in [0.25, 0.3) is 5.91 Å². The van der Waals surface area contributed by atoms with Crippen molar-refractivity contribution in [3.63, 3.8) is 0 Å². The number of fused-ring (bicyclic) bond motifs is 2. The molecule has 9 heteroatoms. The number of amides is 3. The number of nitrogens with one attached hydrogen (secondary N) is 1. The first-order valence-electron chi connectivity index (χ1n) is 12.8. The SMILES string of the molecule is CN1CCCc2cc(CN3CC[C@H](Oc4ccc5c(c4)CN(C4CCC(=O)NC4=O)C5=O)C3)cnc21. The van der Waals surface area contributed by atoms with Crippen LogP contribution < -0.4 is 15.0 Å². The van der Waals surface area contributed by atoms with Crippen molar-refractivity contribution < 1.29 is 19.1 Å². The first-order chi connectivity index (χ1) is 17.4. The van der Waals surface area contributed by atoms with E-state index >= 15 is 0 Å². The molecule has 1 unspecified atom stereocenters. The highest BCUT2D eigenvalue weighted by atomic mass is 16.5. The standard InChI is InChI=1S/C27H31N5O4/c1-30-9-2-3-18-11-17(13-28-25(18)30)14-31-10-8-21(16-31)36-20-4-5-22-19(12-20)15-32(27(22)35)23-6-7-24(33)29-26(23)34/h4-5,11-13,21,23H,2-3,6-10,14-16H2,1H3,(H,29,33,34)/t21-,23?/m0/s1. The molecule has 3 amide bonds. The quantitative estimate of drug-likeness (QED) is 0.641. The molecule has 0 spiro atoms. The third-order valence-corrected chi connectivity index (χ3v) is 7.73. The number of aryl methyl sites for hydroxylation is 1. The number of ether oxygens (including phenoxy) is 1. The number of hydrogen-bond donors (Lipinski definition) is 1. The Hall–Kier alpha value is -3.46. The molecule has 0 saturated carbocycles. The number of pyridine rings is 1. The molecule has 2 fully saturated rings. The summed E-state index contributed by atoms with van der Waals surface area (Å²) in [6, 6.07) is 7.26. The minimum atomic E-state index is -0.603. The summed E-state index contributed by atoms with van der Waals surface area (Å²) in [6.45, 7) is 4.10. The highest BCUT2D eigenvalue weighted by Crippen LogP contribution is 2.31. The smallest absolute Gasteiger partial charge is 0.255 e. The van der Waals surface area contributed by atoms with E-state index in [1.165, 1.54) is 17.5 Å². The van der Waals surface area contributed by atoms with E-state index in [1.807, 2.05) is 18.3 Å². The summed E-state index contributed by atoms with van der Waals surface area (Å²) in [5.41, 5.74) is 4.05. The molecule has 0 aliphatic carbocycles. The molecular weight excluding hydrogens is 458 g/mol. The number of carbonyl (C=O) groups is 3. The van der Waals surface area contributed by atoms with E-state index < -0.39 is 11.9 Å². The summed E-state index contributed by atoms with van der Waals surface area (Å²) < 4.78 is 6.31. The summed E-state index contributed by atoms with van der Waals surface area (Å²) in [5.74, 6) is 1.02. The molecular formula is C27H31N5O4. The Morgan fingerprint density at radius 3 is 2.83 bits per heavy atom. The van der Waals surface area contributed by atoms with Crippen molar-refractivity contribution in [2.45, 2.75) is 57.3 Å². The van der Waals surface area contributed by atoms with Crippen LogP contribution in [0.4, 0.5) is 5.82 Å². The topological polar surface area (TPSA) is 95.1 Å². The molecule has 0 radical (unpaired) electrons. The van der Waals surface area contributed by atoms with Crippen LogP contribution in [0.5, 0.6) is 5.75 Å². The van der Waals surface area contributed by atoms with Crippen LogP contribution in [0.2, 0.25) is 0 Å². The second-order valence-electron chi connectivity index (χ2n) is 10.3. The molecule has 9 nitrogen and oxygen atoms in total. The average molecular weight is 490 g/mol. The number of imide groups is 1. The van der Waals surface area contributed by atoms with Crippen LogP contribution in [-0.4, -0.2) is 71.3 Å². The van der Waals surface area contributed by atoms with Crippen molar-refractivity contribution in [2.24, 2.45) is 0 Å². The van der Waals surface area contributed by atoms with E-state index in [4.69, 9.17) is 9.72 Å². The Morgan fingerprint density at radius 1 is 1.08 bits per heavy atom. The molecule has 2 atom stereocenters. The molecule has 4 aliphatic rings. The third-order valence-electron chi connectivity index (χ3n) is 7.73. The molecule has 1 aromatic carbocycles. The zero-order chi connectivity index (χ0) is 24.8. The molecule has 6 rings (SSSR count). The van der Waals surface area contributed by atoms with Gasteiger partial charge in [0.05, 0.1) is 0 Å². The number of anilines is 1. The normalized spacial score (nSPS) is 24.1. The summed E-state index contributed by atoms with van der Waals surface area (Å²) in [6.07, 6.45) is 5.91. The van der Waals surface area contributed by atoms with E-state index in [9.17, 15) is 14.4 Å². The van der Waals surface area contributed by atoms with Crippen LogP contribution in [0.25, 0.3) is 0 Å². The van der Waals surface area contributed by atoms with Gasteiger partial charge >= 0.3 is 0 Å². The Morgan fingerprint density at radius 2 is 1.97 bits per heavy atom. The van der Waals surface area contributed by atoms with Crippen molar-refractivity contribution in [2.75, 3.05) is 31.6 Å². The summed E-state index contributed by atoms with van der Waals surface area (Å²) >= 11 is 0. The Bertz CT molecular complexity index is 1230. The predicted octanol–water partition coefficient (Wildman–Crippen LogP) is 1.88. The summed E-state index contributed by atoms with van der Waals surface area (Å²) in [5, 5.41) is 2.34. The van der Waals surface area contributed by atoms with E-state index in [0.717, 1.165) is 56.2 Å². The highest BCUT2D eigenvalue weighted by Gasteiger charge is 2.39. The second-order valence-corrected chi connectivity index (χ2v) is 10.3. The number of piperidine rings is 1. The molecule has 4 aliphatic heterocycles. The highest BCUT2D eigenvalue weighted by molar-refractivity contribution is 6.05. The molecule has 2 aromatic rings. The maximum Gasteiger partial charge on any atom is 0.255 e. The number of likely N-dealkylation sites (tertiary alicyclic amines) is 1. The van der Waals surface area contributed by atoms with Gasteiger partial charge in [-0.3, -0.25) is 24.6 Å². The van der Waals surface area contributed by atoms with Crippen molar-refractivity contribution in [3.8, 4) is 5.75 Å². The Balaban J connectivity index is 1.07. The molecule has 1 N–H and O–H groups in total. The van der Waals surface area contributed by atoms with Gasteiger partial charge < -0.3 is 14.5 Å². The third kappa shape index (κ3) is 4.32. The van der Waals surface area contributed by atoms with Gasteiger partial charge in [0.2, 0.25) is 11.8 Å². The first-order valence-corrected chi connectivity index (χ1v) is 12.8. The number of nitrogens with zero attached hydrogens (tertiary/aromatic N) is 4. The molecule has 2 saturated heterocycles. The van der Waals surface area contributed by atoms with Gasteiger partial charge in [-0.15, -0.1) is 0 Å². The number of rotatable bonds is 5. The Labute approximate surface area is 210 Å². The van der Waals surface area contributed by atoms with E-state index in [0.29, 0.717) is 18.5 Å². The zero-order valence-corrected chi connectivity index (χ0v) is 20.5. The van der Waals surface area contributed by atoms with Crippen LogP contribution in [-0.2, 0) is 29.1 Å². The predicted molar refractivity (Wildman–Crippen MR) is 133 cm³/mol. The molecule has 5 heterocycles. The summed E-state index contributed by atoms with van der Waals surface area (Å²) in [7, 11) is 2.11. The van der Waals surface area contributed by atoms with Crippen molar-refractivity contribution in [3.05, 3.63) is 52.7 Å². The zero-order valence-electron chi connectivity index (χ0n) is 20.5. The van der Waals surface area contributed by atoms with E-state index in [-0.39, 0.29) is 24.3 Å². The maximum absolute atomic E-state index is 12.9. The summed E-state index contributed by atoms with van der Waals surface area (Å²) in [4.78, 5) is 47.6. The lowest BCUT2D eigenvalue weighted by atomic mass is 10.0. The van der Waals surface area contributed by atoms with Crippen molar-refractivity contribution in [1.82, 2.24) is 20.1 Å². The largest absolute Gasteiger partial charge is 0.489 e. The lowest BCUT2D eigenvalue weighted by molar-refractivity contribution is -0.136. The maximum atomic E-state index is 12.9. The lowest BCUT2D eigenvalue weighted by Gasteiger charge is -2.29. The second kappa shape index (κ2) is 9.20. The minimum Gasteiger partial charge on any atom is -0.489 e. The van der Waals surface area contributed by atoms with Crippen LogP contribution >= 0.6 is 0 Å². The average Bonchev–Trinajstić information content (AvgIpc) is 3.42. The molecule has 36 heavy (non-hydrogen) atoms. The van der Waals surface area contributed by atoms with Gasteiger partial charge in [-0.1, -0.05) is 0 Å². The van der Waals surface area contributed by atoms with Gasteiger partial charge in [-0.25, -0.2) is 4.98 Å². The monoisotopic (exact) mass is 489 g/mol. The van der Waals surface area contributed by atoms with E-state index in [2.05, 4.69) is 28.2 Å². The molecule has 0 bridgehead atoms. The van der Waals surface area contributed by atoms with E-state index in [1.54, 1.807) is 11.0 Å². The van der Waals surface area contributed by atoms with Crippen LogP contribution in [0, 0.1) is 0 Å². The minimum absolute atomic E-state index is 0.0862. The first kappa shape index (κ1) is 23.0. The lowest BCUT2D eigenvalue weighted by Crippen LogP contribution is -2.52. The number of benzene rings is 1. The Kier molecular flexibility index (Phi) is 5.87. The number of aromatic nitrogens is 1. The van der Waals surface area contributed by atoms with Crippen LogP contribution in [0.1, 0.15) is 52.7 Å². The fraction of sp³-hybridized carbons (Fsp3) is 0.481. The molecule has 188 valence electrons. The van der Waals surface area contributed by atoms with Gasteiger partial charge in [-0.05, 0) is 66.6 Å². The fourth-order valence-electron chi connectivity index (χ4n) is 5.89. The van der Waals surface area contributed by atoms with Crippen LogP contribution in [0.15, 0.2) is 30.5 Å². The van der Waals surface area contributed by atoms with Crippen LogP contribution in [0.3, 0.4) is 0 Å². The van der Waals surface area contributed by atoms with Crippen molar-refractivity contribution in [1.29, 1.82) is 0 Å². The molecule has 1 aromatic heterocycles. The number of hydrogen-bond acceptors (Lipinski definition) is 7. The van der Waals surface area contributed by atoms with Crippen molar-refractivity contribution >= 4 is 23.5 Å². The van der Waals surface area contributed by atoms with Gasteiger partial charge in [0.1, 0.15) is 23.7 Å².